The molecule has 0 atom stereocenters. The van der Waals surface area contributed by atoms with Crippen molar-refractivity contribution in [1.82, 2.24) is 14.8 Å². The van der Waals surface area contributed by atoms with E-state index in [1.165, 1.54) is 4.68 Å². The zero-order valence-electron chi connectivity index (χ0n) is 4.71. The van der Waals surface area contributed by atoms with E-state index in [1.54, 1.807) is 7.05 Å². The van der Waals surface area contributed by atoms with Crippen molar-refractivity contribution in [2.24, 2.45) is 7.05 Å². The highest BCUT2D eigenvalue weighted by Gasteiger charge is 1.96. The Kier molecular flexibility index (Phi) is 2.73. The van der Waals surface area contributed by atoms with Gasteiger partial charge in [0.1, 0.15) is 0 Å². The van der Waals surface area contributed by atoms with Crippen LogP contribution in [-0.2, 0) is 7.05 Å². The fraction of sp³-hybridized carbons (Fsp3) is 0.333. The summed E-state index contributed by atoms with van der Waals surface area (Å²) in [6.07, 6.45) is 0. The van der Waals surface area contributed by atoms with E-state index in [1.807, 2.05) is 0 Å². The van der Waals surface area contributed by atoms with Crippen LogP contribution in [0, 0.1) is 0 Å². The monoisotopic (exact) mass is 168 g/mol. The van der Waals surface area contributed by atoms with Crippen LogP contribution >= 0.6 is 24.0 Å². The molecule has 0 fully saturated rings. The highest BCUT2D eigenvalue weighted by molar-refractivity contribution is 6.28. The predicted molar refractivity (Wildman–Crippen MR) is 37.7 cm³/mol. The van der Waals surface area contributed by atoms with E-state index in [9.17, 15) is 0 Å². The van der Waals surface area contributed by atoms with Gasteiger partial charge in [-0.1, -0.05) is 0 Å². The predicted octanol–water partition coefficient (Wildman–Crippen LogP) is 0.473. The van der Waals surface area contributed by atoms with Crippen LogP contribution in [0.1, 0.15) is 0 Å². The lowest BCUT2D eigenvalue weighted by Crippen LogP contribution is -1.97. The summed E-state index contributed by atoms with van der Waals surface area (Å²) in [5.74, 6) is 0.329. The van der Waals surface area contributed by atoms with Crippen molar-refractivity contribution in [3.63, 3.8) is 0 Å². The second kappa shape index (κ2) is 2.89. The first kappa shape index (κ1) is 8.52. The molecule has 1 aromatic heterocycles. The Morgan fingerprint density at radius 2 is 2.22 bits per heavy atom. The number of aromatic nitrogens is 3. The Hall–Kier alpha value is -0.480. The Labute approximate surface area is 63.4 Å². The quantitative estimate of drug-likeness (QED) is 0.614. The normalized spacial score (nSPS) is 8.67. The van der Waals surface area contributed by atoms with Gasteiger partial charge in [-0.15, -0.1) is 17.5 Å². The van der Waals surface area contributed by atoms with Gasteiger partial charge < -0.3 is 5.73 Å². The third-order valence-electron chi connectivity index (χ3n) is 0.771. The highest BCUT2D eigenvalue weighted by Crippen LogP contribution is 2.01. The molecule has 0 aliphatic carbocycles. The van der Waals surface area contributed by atoms with E-state index in [0.717, 1.165) is 0 Å². The maximum absolute atomic E-state index is 5.34. The SMILES string of the molecule is Cl.Cn1nc(Cl)nc1N. The molecule has 2 N–H and O–H groups in total. The summed E-state index contributed by atoms with van der Waals surface area (Å²) in [6.45, 7) is 0. The molecule has 0 aliphatic rings. The first-order valence-corrected chi connectivity index (χ1v) is 2.40. The van der Waals surface area contributed by atoms with Crippen LogP contribution < -0.4 is 5.73 Å². The summed E-state index contributed by atoms with van der Waals surface area (Å²) >= 11 is 5.34. The molecule has 0 saturated carbocycles. The number of rotatable bonds is 0. The van der Waals surface area contributed by atoms with Gasteiger partial charge in [0.2, 0.25) is 11.2 Å². The van der Waals surface area contributed by atoms with Crippen LogP contribution in [0.4, 0.5) is 5.95 Å². The van der Waals surface area contributed by atoms with Crippen molar-refractivity contribution >= 4 is 30.0 Å². The van der Waals surface area contributed by atoms with Crippen molar-refractivity contribution < 1.29 is 0 Å². The minimum atomic E-state index is 0. The smallest absolute Gasteiger partial charge is 0.244 e. The largest absolute Gasteiger partial charge is 0.368 e. The molecular weight excluding hydrogens is 163 g/mol. The number of anilines is 1. The van der Waals surface area contributed by atoms with Gasteiger partial charge in [0, 0.05) is 7.05 Å². The van der Waals surface area contributed by atoms with E-state index < -0.39 is 0 Å². The Morgan fingerprint density at radius 3 is 2.33 bits per heavy atom. The molecule has 1 heterocycles. The minimum absolute atomic E-state index is 0. The van der Waals surface area contributed by atoms with Gasteiger partial charge in [0.05, 0.1) is 0 Å². The molecule has 0 bridgehead atoms. The number of hydrogen-bond acceptors (Lipinski definition) is 3. The fourth-order valence-corrected chi connectivity index (χ4v) is 0.564. The summed E-state index contributed by atoms with van der Waals surface area (Å²) in [4.78, 5) is 3.61. The molecule has 0 aromatic carbocycles. The lowest BCUT2D eigenvalue weighted by Gasteiger charge is -1.84. The van der Waals surface area contributed by atoms with Gasteiger partial charge in [0.25, 0.3) is 0 Å². The molecular formula is C3H6Cl2N4. The number of aryl methyl sites for hydroxylation is 1. The molecule has 4 nitrogen and oxygen atoms in total. The van der Waals surface area contributed by atoms with Gasteiger partial charge in [-0.05, 0) is 11.6 Å². The molecule has 0 amide bonds. The minimum Gasteiger partial charge on any atom is -0.368 e. The van der Waals surface area contributed by atoms with Crippen LogP contribution in [-0.4, -0.2) is 14.8 Å². The zero-order chi connectivity index (χ0) is 6.15. The Balaban J connectivity index is 0.000000640. The Bertz CT molecular complexity index is 176. The first-order valence-electron chi connectivity index (χ1n) is 2.02. The van der Waals surface area contributed by atoms with Crippen molar-refractivity contribution in [3.8, 4) is 0 Å². The standard InChI is InChI=1S/C3H5ClN4.ClH/c1-8-3(5)6-2(4)7-8;/h1H3,(H2,5,6,7);1H. The van der Waals surface area contributed by atoms with E-state index >= 15 is 0 Å². The highest BCUT2D eigenvalue weighted by atomic mass is 35.5. The maximum Gasteiger partial charge on any atom is 0.244 e. The van der Waals surface area contributed by atoms with Crippen molar-refractivity contribution in [2.75, 3.05) is 5.73 Å². The molecule has 0 unspecified atom stereocenters. The summed E-state index contributed by atoms with van der Waals surface area (Å²) < 4.78 is 1.41. The van der Waals surface area contributed by atoms with E-state index in [2.05, 4.69) is 10.1 Å². The van der Waals surface area contributed by atoms with Gasteiger partial charge in [-0.2, -0.15) is 4.98 Å². The molecule has 1 rings (SSSR count). The van der Waals surface area contributed by atoms with Crippen LogP contribution in [0.25, 0.3) is 0 Å². The molecule has 0 aliphatic heterocycles. The molecule has 1 aromatic rings. The van der Waals surface area contributed by atoms with E-state index in [0.29, 0.717) is 5.95 Å². The lowest BCUT2D eigenvalue weighted by atomic mass is 11.0. The van der Waals surface area contributed by atoms with E-state index in [4.69, 9.17) is 17.3 Å². The average Bonchev–Trinajstić information content (AvgIpc) is 1.85. The average molecular weight is 169 g/mol. The number of halogens is 2. The Morgan fingerprint density at radius 1 is 1.67 bits per heavy atom. The van der Waals surface area contributed by atoms with Crippen molar-refractivity contribution in [3.05, 3.63) is 5.28 Å². The fourth-order valence-electron chi connectivity index (χ4n) is 0.364. The van der Waals surface area contributed by atoms with Gasteiger partial charge in [-0.25, -0.2) is 4.68 Å². The van der Waals surface area contributed by atoms with Gasteiger partial charge in [0.15, 0.2) is 0 Å². The summed E-state index contributed by atoms with van der Waals surface area (Å²) in [5, 5.41) is 3.84. The molecule has 0 spiro atoms. The number of nitrogen functional groups attached to an aromatic ring is 1. The second-order valence-electron chi connectivity index (χ2n) is 1.36. The molecule has 9 heavy (non-hydrogen) atoms. The summed E-state index contributed by atoms with van der Waals surface area (Å²) in [5.41, 5.74) is 5.25. The van der Waals surface area contributed by atoms with Crippen LogP contribution in [0.2, 0.25) is 5.28 Å². The van der Waals surface area contributed by atoms with E-state index in [-0.39, 0.29) is 17.7 Å². The molecule has 6 heteroatoms. The van der Waals surface area contributed by atoms with Gasteiger partial charge in [-0.3, -0.25) is 0 Å². The van der Waals surface area contributed by atoms with Crippen LogP contribution in [0.3, 0.4) is 0 Å². The third kappa shape index (κ3) is 1.73. The molecule has 52 valence electrons. The summed E-state index contributed by atoms with van der Waals surface area (Å²) in [6, 6.07) is 0. The molecule has 0 saturated heterocycles. The van der Waals surface area contributed by atoms with Gasteiger partial charge >= 0.3 is 0 Å². The van der Waals surface area contributed by atoms with Crippen LogP contribution in [0.5, 0.6) is 0 Å². The third-order valence-corrected chi connectivity index (χ3v) is 0.931. The summed E-state index contributed by atoms with van der Waals surface area (Å²) in [7, 11) is 1.67. The lowest BCUT2D eigenvalue weighted by molar-refractivity contribution is 0.778. The first-order chi connectivity index (χ1) is 3.70. The topological polar surface area (TPSA) is 56.7 Å². The molecule has 0 radical (unpaired) electrons. The number of nitrogens with zero attached hydrogens (tertiary/aromatic N) is 3. The van der Waals surface area contributed by atoms with Crippen molar-refractivity contribution in [2.45, 2.75) is 0 Å². The second-order valence-corrected chi connectivity index (χ2v) is 1.70. The van der Waals surface area contributed by atoms with Crippen LogP contribution in [0.15, 0.2) is 0 Å². The zero-order valence-corrected chi connectivity index (χ0v) is 6.28. The number of hydrogen-bond donors (Lipinski definition) is 1. The van der Waals surface area contributed by atoms with Crippen molar-refractivity contribution in [1.29, 1.82) is 0 Å². The number of nitrogens with two attached hydrogens (primary N) is 1. The maximum atomic E-state index is 5.34.